The Labute approximate surface area is 163 Å². The van der Waals surface area contributed by atoms with Crippen LogP contribution in [0.25, 0.3) is 16.6 Å². The molecular formula is C23H23FN4. The Balaban J connectivity index is 1.34. The zero-order valence-corrected chi connectivity index (χ0v) is 15.9. The topological polar surface area (TPSA) is 23.8 Å². The third kappa shape index (κ3) is 3.12. The summed E-state index contributed by atoms with van der Waals surface area (Å²) in [6.07, 6.45) is 4.16. The number of hydrogen-bond acceptors (Lipinski definition) is 3. The van der Waals surface area contributed by atoms with Gasteiger partial charge in [0.15, 0.2) is 0 Å². The van der Waals surface area contributed by atoms with E-state index in [-0.39, 0.29) is 5.82 Å². The van der Waals surface area contributed by atoms with E-state index in [9.17, 15) is 4.39 Å². The van der Waals surface area contributed by atoms with Gasteiger partial charge in [0.2, 0.25) is 0 Å². The standard InChI is InChI=1S/C23H23FN4/c1-17-14-27(21-8-6-20(24)7-9-21)11-10-26(17)15-18-12-23-25-13-19-4-2-3-5-22(19)28(23)16-18/h2-9,12-13,16-17H,10-11,14-15H2,1H3. The zero-order valence-electron chi connectivity index (χ0n) is 15.9. The van der Waals surface area contributed by atoms with Gasteiger partial charge in [0.25, 0.3) is 0 Å². The molecule has 0 N–H and O–H groups in total. The number of halogens is 1. The van der Waals surface area contributed by atoms with Gasteiger partial charge >= 0.3 is 0 Å². The van der Waals surface area contributed by atoms with Crippen LogP contribution < -0.4 is 4.90 Å². The van der Waals surface area contributed by atoms with Crippen LogP contribution in [0.15, 0.2) is 67.0 Å². The van der Waals surface area contributed by atoms with Crippen molar-refractivity contribution in [3.8, 4) is 0 Å². The summed E-state index contributed by atoms with van der Waals surface area (Å²) in [5.74, 6) is -0.183. The third-order valence-electron chi connectivity index (χ3n) is 5.73. The number of fused-ring (bicyclic) bond motifs is 3. The summed E-state index contributed by atoms with van der Waals surface area (Å²) in [5, 5.41) is 1.15. The molecule has 4 nitrogen and oxygen atoms in total. The summed E-state index contributed by atoms with van der Waals surface area (Å²) in [7, 11) is 0. The largest absolute Gasteiger partial charge is 0.369 e. The Bertz CT molecular complexity index is 1120. The van der Waals surface area contributed by atoms with Crippen molar-refractivity contribution in [3.05, 3.63) is 78.4 Å². The molecule has 2 aromatic carbocycles. The van der Waals surface area contributed by atoms with Gasteiger partial charge in [-0.15, -0.1) is 0 Å². The van der Waals surface area contributed by atoms with Crippen LogP contribution in [-0.4, -0.2) is 40.0 Å². The van der Waals surface area contributed by atoms with Gasteiger partial charge in [0.1, 0.15) is 11.5 Å². The van der Waals surface area contributed by atoms with Crippen molar-refractivity contribution in [2.24, 2.45) is 0 Å². The van der Waals surface area contributed by atoms with E-state index in [0.29, 0.717) is 6.04 Å². The van der Waals surface area contributed by atoms with E-state index < -0.39 is 0 Å². The van der Waals surface area contributed by atoms with Gasteiger partial charge in [0, 0.05) is 55.7 Å². The molecule has 4 aromatic rings. The van der Waals surface area contributed by atoms with Gasteiger partial charge in [-0.05, 0) is 48.9 Å². The monoisotopic (exact) mass is 374 g/mol. The lowest BCUT2D eigenvalue weighted by atomic mass is 10.1. The Hall–Kier alpha value is -2.92. The lowest BCUT2D eigenvalue weighted by molar-refractivity contribution is 0.181. The molecule has 3 heterocycles. The zero-order chi connectivity index (χ0) is 19.1. The molecule has 1 atom stereocenters. The fourth-order valence-electron chi connectivity index (χ4n) is 4.19. The number of piperazine rings is 1. The maximum atomic E-state index is 13.2. The maximum Gasteiger partial charge on any atom is 0.137 e. The fourth-order valence-corrected chi connectivity index (χ4v) is 4.19. The molecule has 0 saturated carbocycles. The molecular weight excluding hydrogens is 351 g/mol. The van der Waals surface area contributed by atoms with Crippen LogP contribution in [0.4, 0.5) is 10.1 Å². The molecule has 0 bridgehead atoms. The van der Waals surface area contributed by atoms with Crippen LogP contribution >= 0.6 is 0 Å². The Morgan fingerprint density at radius 3 is 2.71 bits per heavy atom. The molecule has 2 aromatic heterocycles. The van der Waals surface area contributed by atoms with Crippen LogP contribution in [0.5, 0.6) is 0 Å². The maximum absolute atomic E-state index is 13.2. The summed E-state index contributed by atoms with van der Waals surface area (Å²) >= 11 is 0. The second-order valence-corrected chi connectivity index (χ2v) is 7.64. The van der Waals surface area contributed by atoms with Crippen LogP contribution in [0.3, 0.4) is 0 Å². The van der Waals surface area contributed by atoms with Crippen molar-refractivity contribution in [3.63, 3.8) is 0 Å². The van der Waals surface area contributed by atoms with E-state index in [1.807, 2.05) is 24.4 Å². The molecule has 1 aliphatic heterocycles. The fraction of sp³-hybridized carbons (Fsp3) is 0.261. The molecule has 1 fully saturated rings. The van der Waals surface area contributed by atoms with Crippen molar-refractivity contribution >= 4 is 22.2 Å². The molecule has 142 valence electrons. The van der Waals surface area contributed by atoms with Crippen LogP contribution in [0, 0.1) is 5.82 Å². The predicted octanol–water partition coefficient (Wildman–Crippen LogP) is 4.34. The second kappa shape index (κ2) is 6.91. The summed E-state index contributed by atoms with van der Waals surface area (Å²) in [6.45, 7) is 6.05. The first kappa shape index (κ1) is 17.2. The van der Waals surface area contributed by atoms with E-state index in [0.717, 1.165) is 42.9 Å². The number of hydrogen-bond donors (Lipinski definition) is 0. The smallest absolute Gasteiger partial charge is 0.137 e. The molecule has 5 rings (SSSR count). The lowest BCUT2D eigenvalue weighted by Crippen LogP contribution is -2.51. The summed E-state index contributed by atoms with van der Waals surface area (Å²) in [6, 6.07) is 17.8. The average molecular weight is 374 g/mol. The van der Waals surface area contributed by atoms with Gasteiger partial charge < -0.3 is 9.30 Å². The van der Waals surface area contributed by atoms with Gasteiger partial charge in [-0.2, -0.15) is 0 Å². The van der Waals surface area contributed by atoms with Crippen molar-refractivity contribution in [1.82, 2.24) is 14.3 Å². The van der Waals surface area contributed by atoms with Gasteiger partial charge in [0.05, 0.1) is 5.52 Å². The number of aromatic nitrogens is 2. The number of anilines is 1. The van der Waals surface area contributed by atoms with Crippen molar-refractivity contribution in [1.29, 1.82) is 0 Å². The molecule has 1 saturated heterocycles. The van der Waals surface area contributed by atoms with Crippen LogP contribution in [-0.2, 0) is 6.54 Å². The van der Waals surface area contributed by atoms with Crippen molar-refractivity contribution < 1.29 is 4.39 Å². The number of benzene rings is 2. The minimum absolute atomic E-state index is 0.183. The molecule has 5 heteroatoms. The molecule has 0 aliphatic carbocycles. The number of nitrogens with zero attached hydrogens (tertiary/aromatic N) is 4. The predicted molar refractivity (Wildman–Crippen MR) is 111 cm³/mol. The summed E-state index contributed by atoms with van der Waals surface area (Å²) in [5.41, 5.74) is 4.56. The highest BCUT2D eigenvalue weighted by Gasteiger charge is 2.24. The first-order chi connectivity index (χ1) is 13.7. The van der Waals surface area contributed by atoms with Crippen LogP contribution in [0.1, 0.15) is 12.5 Å². The highest BCUT2D eigenvalue weighted by atomic mass is 19.1. The van der Waals surface area contributed by atoms with Crippen molar-refractivity contribution in [2.75, 3.05) is 24.5 Å². The number of rotatable bonds is 3. The molecule has 1 unspecified atom stereocenters. The molecule has 0 spiro atoms. The highest BCUT2D eigenvalue weighted by Crippen LogP contribution is 2.23. The molecule has 28 heavy (non-hydrogen) atoms. The molecule has 1 aliphatic rings. The molecule has 0 radical (unpaired) electrons. The minimum Gasteiger partial charge on any atom is -0.369 e. The third-order valence-corrected chi connectivity index (χ3v) is 5.73. The van der Waals surface area contributed by atoms with Gasteiger partial charge in [-0.25, -0.2) is 9.37 Å². The van der Waals surface area contributed by atoms with Crippen molar-refractivity contribution in [2.45, 2.75) is 19.5 Å². The number of para-hydroxylation sites is 1. The quantitative estimate of drug-likeness (QED) is 0.533. The molecule has 0 amide bonds. The Kier molecular flexibility index (Phi) is 4.24. The van der Waals surface area contributed by atoms with E-state index in [1.165, 1.54) is 23.2 Å². The first-order valence-corrected chi connectivity index (χ1v) is 9.77. The SMILES string of the molecule is CC1CN(c2ccc(F)cc2)CCN1Cc1cc2ncc3ccccc3n2c1. The van der Waals surface area contributed by atoms with E-state index in [4.69, 9.17) is 0 Å². The normalized spacial score (nSPS) is 18.2. The average Bonchev–Trinajstić information content (AvgIpc) is 3.13. The van der Waals surface area contributed by atoms with Crippen LogP contribution in [0.2, 0.25) is 0 Å². The van der Waals surface area contributed by atoms with Gasteiger partial charge in [-0.1, -0.05) is 18.2 Å². The van der Waals surface area contributed by atoms with Gasteiger partial charge in [-0.3, -0.25) is 4.90 Å². The lowest BCUT2D eigenvalue weighted by Gasteiger charge is -2.41. The highest BCUT2D eigenvalue weighted by molar-refractivity contribution is 5.80. The second-order valence-electron chi connectivity index (χ2n) is 7.64. The van der Waals surface area contributed by atoms with E-state index >= 15 is 0 Å². The first-order valence-electron chi connectivity index (χ1n) is 9.77. The summed E-state index contributed by atoms with van der Waals surface area (Å²) < 4.78 is 15.4. The Morgan fingerprint density at radius 2 is 1.89 bits per heavy atom. The van der Waals surface area contributed by atoms with E-state index in [1.54, 1.807) is 0 Å². The summed E-state index contributed by atoms with van der Waals surface area (Å²) in [4.78, 5) is 9.46. The van der Waals surface area contributed by atoms with E-state index in [2.05, 4.69) is 56.6 Å². The minimum atomic E-state index is -0.183. The Morgan fingerprint density at radius 1 is 1.07 bits per heavy atom.